The molecule has 2 atom stereocenters. The maximum absolute atomic E-state index is 13.9. The lowest BCUT2D eigenvalue weighted by molar-refractivity contribution is 0.0829. The number of aliphatic hydroxyl groups excluding tert-OH is 1. The van der Waals surface area contributed by atoms with E-state index >= 15 is 0 Å². The van der Waals surface area contributed by atoms with Crippen LogP contribution in [0.2, 0.25) is 5.02 Å². The Kier molecular flexibility index (Phi) is 11.1. The van der Waals surface area contributed by atoms with Gasteiger partial charge in [-0.05, 0) is 90.2 Å². The van der Waals surface area contributed by atoms with Crippen LogP contribution in [0.5, 0.6) is 0 Å². The van der Waals surface area contributed by atoms with Crippen LogP contribution < -0.4 is 14.9 Å². The second kappa shape index (κ2) is 14.8. The van der Waals surface area contributed by atoms with Crippen LogP contribution in [0, 0.1) is 11.6 Å². The predicted molar refractivity (Wildman–Crippen MR) is 168 cm³/mol. The highest BCUT2D eigenvalue weighted by Gasteiger charge is 2.25. The minimum atomic E-state index is -3.93. The Balaban J connectivity index is 1.48. The van der Waals surface area contributed by atoms with E-state index in [2.05, 4.69) is 23.6 Å². The Morgan fingerprint density at radius 1 is 0.909 bits per heavy atom. The van der Waals surface area contributed by atoms with Crippen LogP contribution >= 0.6 is 11.6 Å². The summed E-state index contributed by atoms with van der Waals surface area (Å²) in [5, 5.41) is 17.5. The molecule has 0 aliphatic carbocycles. The second-order valence-electron chi connectivity index (χ2n) is 10.4. The Morgan fingerprint density at radius 3 is 2.18 bits per heavy atom. The number of hydrogen-bond donors (Lipinski definition) is 3. The first kappa shape index (κ1) is 33.1. The van der Waals surface area contributed by atoms with Crippen molar-refractivity contribution in [1.82, 2.24) is 10.6 Å². The molecule has 0 fully saturated rings. The molecule has 0 saturated carbocycles. The number of sulfonamides is 1. The number of amides is 1. The zero-order valence-corrected chi connectivity index (χ0v) is 25.9. The standard InChI is InChI=1S/C33H34ClF2N3O4S/c1-3-22-5-4-6-23(15-22)20-37-21-32(40)31(18-24-16-27(35)19-28(36)17-24)38-33(41)25-7-13-30(14-8-25)44(42,43)39(2)29-11-9-26(34)10-12-29/h4-17,19,31-32,37,40H,3,18,20-21H2,1-2H3,(H,38,41)/t31-,32+/m0/s1. The Morgan fingerprint density at radius 2 is 1.55 bits per heavy atom. The molecular weight excluding hydrogens is 608 g/mol. The van der Waals surface area contributed by atoms with Crippen LogP contribution in [0.1, 0.15) is 34.0 Å². The molecule has 0 saturated heterocycles. The Hall–Kier alpha value is -3.83. The molecule has 0 spiro atoms. The summed E-state index contributed by atoms with van der Waals surface area (Å²) in [6.45, 7) is 2.62. The van der Waals surface area contributed by atoms with E-state index in [1.54, 1.807) is 24.3 Å². The van der Waals surface area contributed by atoms with Gasteiger partial charge in [-0.2, -0.15) is 0 Å². The van der Waals surface area contributed by atoms with Crippen molar-refractivity contribution >= 4 is 33.2 Å². The van der Waals surface area contributed by atoms with E-state index in [9.17, 15) is 27.1 Å². The van der Waals surface area contributed by atoms with Crippen LogP contribution in [0.25, 0.3) is 0 Å². The highest BCUT2D eigenvalue weighted by Crippen LogP contribution is 2.24. The van der Waals surface area contributed by atoms with Crippen molar-refractivity contribution in [1.29, 1.82) is 0 Å². The average molecular weight is 642 g/mol. The van der Waals surface area contributed by atoms with Gasteiger partial charge in [0.2, 0.25) is 0 Å². The number of anilines is 1. The third-order valence-corrected chi connectivity index (χ3v) is 9.26. The van der Waals surface area contributed by atoms with E-state index in [4.69, 9.17) is 11.6 Å². The maximum Gasteiger partial charge on any atom is 0.264 e. The van der Waals surface area contributed by atoms with Gasteiger partial charge < -0.3 is 15.7 Å². The molecular formula is C33H34ClF2N3O4S. The van der Waals surface area contributed by atoms with Gasteiger partial charge in [-0.25, -0.2) is 17.2 Å². The van der Waals surface area contributed by atoms with Crippen molar-refractivity contribution in [2.45, 2.75) is 43.4 Å². The van der Waals surface area contributed by atoms with Gasteiger partial charge in [0.05, 0.1) is 22.7 Å². The molecule has 44 heavy (non-hydrogen) atoms. The SMILES string of the molecule is CCc1cccc(CNC[C@@H](O)[C@H](Cc2cc(F)cc(F)c2)NC(=O)c2ccc(S(=O)(=O)N(C)c3ccc(Cl)cc3)cc2)c1. The smallest absolute Gasteiger partial charge is 0.264 e. The molecule has 0 radical (unpaired) electrons. The molecule has 232 valence electrons. The highest BCUT2D eigenvalue weighted by atomic mass is 35.5. The van der Waals surface area contributed by atoms with Crippen molar-refractivity contribution < 1.29 is 27.1 Å². The third kappa shape index (κ3) is 8.63. The number of carbonyl (C=O) groups is 1. The molecule has 0 bridgehead atoms. The number of rotatable bonds is 13. The summed E-state index contributed by atoms with van der Waals surface area (Å²) in [7, 11) is -2.52. The van der Waals surface area contributed by atoms with Crippen molar-refractivity contribution in [3.05, 3.63) is 130 Å². The summed E-state index contributed by atoms with van der Waals surface area (Å²) >= 11 is 5.91. The van der Waals surface area contributed by atoms with Crippen LogP contribution in [0.3, 0.4) is 0 Å². The summed E-state index contributed by atoms with van der Waals surface area (Å²) in [5.41, 5.74) is 3.02. The predicted octanol–water partition coefficient (Wildman–Crippen LogP) is 5.50. The molecule has 4 aromatic carbocycles. The van der Waals surface area contributed by atoms with Gasteiger partial charge in [-0.3, -0.25) is 9.10 Å². The monoisotopic (exact) mass is 641 g/mol. The summed E-state index contributed by atoms with van der Waals surface area (Å²) in [4.78, 5) is 13.2. The zero-order valence-electron chi connectivity index (χ0n) is 24.3. The number of halogens is 3. The van der Waals surface area contributed by atoms with E-state index < -0.39 is 39.7 Å². The number of benzene rings is 4. The molecule has 4 aromatic rings. The van der Waals surface area contributed by atoms with Gasteiger partial charge in [0, 0.05) is 36.8 Å². The van der Waals surface area contributed by atoms with Gasteiger partial charge in [0.1, 0.15) is 11.6 Å². The summed E-state index contributed by atoms with van der Waals surface area (Å²) < 4.78 is 55.2. The van der Waals surface area contributed by atoms with E-state index in [1.807, 2.05) is 18.2 Å². The van der Waals surface area contributed by atoms with Gasteiger partial charge in [0.15, 0.2) is 0 Å². The lowest BCUT2D eigenvalue weighted by atomic mass is 10.00. The fraction of sp³-hybridized carbons (Fsp3) is 0.242. The van der Waals surface area contributed by atoms with Crippen molar-refractivity contribution in [3.8, 4) is 0 Å². The quantitative estimate of drug-likeness (QED) is 0.179. The molecule has 0 aromatic heterocycles. The van der Waals surface area contributed by atoms with Gasteiger partial charge in [-0.1, -0.05) is 42.8 Å². The largest absolute Gasteiger partial charge is 0.390 e. The van der Waals surface area contributed by atoms with Crippen molar-refractivity contribution in [3.63, 3.8) is 0 Å². The maximum atomic E-state index is 13.9. The van der Waals surface area contributed by atoms with Crippen LogP contribution in [0.4, 0.5) is 14.5 Å². The van der Waals surface area contributed by atoms with Crippen LogP contribution in [-0.4, -0.2) is 45.2 Å². The fourth-order valence-electron chi connectivity index (χ4n) is 4.71. The molecule has 4 rings (SSSR count). The molecule has 11 heteroatoms. The molecule has 3 N–H and O–H groups in total. The van der Waals surface area contributed by atoms with E-state index in [1.165, 1.54) is 36.9 Å². The van der Waals surface area contributed by atoms with Crippen LogP contribution in [-0.2, 0) is 29.4 Å². The third-order valence-electron chi connectivity index (χ3n) is 7.21. The fourth-order valence-corrected chi connectivity index (χ4v) is 6.03. The first-order valence-corrected chi connectivity index (χ1v) is 15.8. The van der Waals surface area contributed by atoms with E-state index in [0.717, 1.165) is 34.5 Å². The first-order valence-electron chi connectivity index (χ1n) is 14.0. The molecule has 0 heterocycles. The molecule has 0 aliphatic rings. The van der Waals surface area contributed by atoms with Gasteiger partial charge in [0.25, 0.3) is 15.9 Å². The van der Waals surface area contributed by atoms with Crippen LogP contribution in [0.15, 0.2) is 95.9 Å². The van der Waals surface area contributed by atoms with Gasteiger partial charge in [-0.15, -0.1) is 0 Å². The summed E-state index contributed by atoms with van der Waals surface area (Å²) in [5.74, 6) is -2.13. The number of aliphatic hydroxyl groups is 1. The van der Waals surface area contributed by atoms with Gasteiger partial charge >= 0.3 is 0 Å². The lowest BCUT2D eigenvalue weighted by Crippen LogP contribution is -2.48. The molecule has 1 amide bonds. The zero-order chi connectivity index (χ0) is 31.9. The number of hydrogen-bond acceptors (Lipinski definition) is 5. The van der Waals surface area contributed by atoms with E-state index in [-0.39, 0.29) is 29.0 Å². The minimum absolute atomic E-state index is 0.0327. The summed E-state index contributed by atoms with van der Waals surface area (Å²) in [6, 6.07) is 21.8. The normalized spacial score (nSPS) is 12.9. The highest BCUT2D eigenvalue weighted by molar-refractivity contribution is 7.92. The van der Waals surface area contributed by atoms with E-state index in [0.29, 0.717) is 17.3 Å². The summed E-state index contributed by atoms with van der Waals surface area (Å²) in [6.07, 6.45) is -0.277. The average Bonchev–Trinajstić information content (AvgIpc) is 3.00. The molecule has 0 aliphatic heterocycles. The first-order chi connectivity index (χ1) is 21.0. The Labute approximate surface area is 261 Å². The molecule has 7 nitrogen and oxygen atoms in total. The van der Waals surface area contributed by atoms with Crippen molar-refractivity contribution in [2.75, 3.05) is 17.9 Å². The molecule has 0 unspecified atom stereocenters. The number of nitrogens with zero attached hydrogens (tertiary/aromatic N) is 1. The number of aryl methyl sites for hydroxylation is 1. The Bertz CT molecular complexity index is 1670. The topological polar surface area (TPSA) is 98.7 Å². The lowest BCUT2D eigenvalue weighted by Gasteiger charge is -2.25. The minimum Gasteiger partial charge on any atom is -0.390 e. The number of carbonyl (C=O) groups excluding carboxylic acids is 1. The second-order valence-corrected chi connectivity index (χ2v) is 12.8. The number of nitrogens with one attached hydrogen (secondary N) is 2. The van der Waals surface area contributed by atoms with Crippen molar-refractivity contribution in [2.24, 2.45) is 0 Å².